The predicted molar refractivity (Wildman–Crippen MR) is 81.4 cm³/mol. The van der Waals surface area contributed by atoms with Gasteiger partial charge in [0, 0.05) is 15.6 Å². The topological polar surface area (TPSA) is 49.3 Å². The number of nitrogens with one attached hydrogen (secondary N) is 1. The summed E-state index contributed by atoms with van der Waals surface area (Å²) in [5, 5.41) is 13.5. The van der Waals surface area contributed by atoms with Crippen molar-refractivity contribution in [1.82, 2.24) is 5.32 Å². The summed E-state index contributed by atoms with van der Waals surface area (Å²) in [6.07, 6.45) is 3.61. The third-order valence-electron chi connectivity index (χ3n) is 4.04. The lowest BCUT2D eigenvalue weighted by Crippen LogP contribution is -2.53. The van der Waals surface area contributed by atoms with Gasteiger partial charge in [-0.2, -0.15) is 0 Å². The van der Waals surface area contributed by atoms with E-state index in [0.29, 0.717) is 21.5 Å². The molecule has 1 saturated carbocycles. The molecule has 20 heavy (non-hydrogen) atoms. The van der Waals surface area contributed by atoms with Crippen LogP contribution in [-0.2, 0) is 0 Å². The van der Waals surface area contributed by atoms with Crippen LogP contribution < -0.4 is 5.32 Å². The fourth-order valence-corrected chi connectivity index (χ4v) is 3.16. The van der Waals surface area contributed by atoms with Crippen molar-refractivity contribution >= 4 is 29.1 Å². The summed E-state index contributed by atoms with van der Waals surface area (Å²) < 4.78 is 0. The van der Waals surface area contributed by atoms with E-state index in [0.717, 1.165) is 25.7 Å². The third-order valence-corrected chi connectivity index (χ3v) is 4.47. The molecule has 1 amide bonds. The highest BCUT2D eigenvalue weighted by Gasteiger charge is 2.35. The van der Waals surface area contributed by atoms with Gasteiger partial charge in [0.2, 0.25) is 0 Å². The number of hydrogen-bond acceptors (Lipinski definition) is 2. The summed E-state index contributed by atoms with van der Waals surface area (Å²) in [6, 6.07) is 4.75. The van der Waals surface area contributed by atoms with Crippen LogP contribution in [0.3, 0.4) is 0 Å². The van der Waals surface area contributed by atoms with E-state index in [2.05, 4.69) is 12.2 Å². The van der Waals surface area contributed by atoms with E-state index in [1.54, 1.807) is 18.2 Å². The molecule has 1 aromatic carbocycles. The standard InChI is InChI=1S/C15H19Cl2NO2/c1-10-2-4-15(9-19,5-3-10)18-14(20)11-6-12(16)8-13(17)7-11/h6-8,10,19H,2-5,9H2,1H3,(H,18,20). The van der Waals surface area contributed by atoms with Crippen molar-refractivity contribution in [2.75, 3.05) is 6.61 Å². The minimum Gasteiger partial charge on any atom is -0.394 e. The molecule has 1 aliphatic rings. The van der Waals surface area contributed by atoms with Crippen LogP contribution in [0.15, 0.2) is 18.2 Å². The Bertz CT molecular complexity index is 476. The predicted octanol–water partition coefficient (Wildman–Crippen LogP) is 3.66. The van der Waals surface area contributed by atoms with Gasteiger partial charge in [-0.15, -0.1) is 0 Å². The normalized spacial score (nSPS) is 26.3. The van der Waals surface area contributed by atoms with Crippen molar-refractivity contribution in [2.24, 2.45) is 5.92 Å². The number of benzene rings is 1. The van der Waals surface area contributed by atoms with Crippen LogP contribution in [0.5, 0.6) is 0 Å². The Kier molecular flexibility index (Phi) is 4.95. The van der Waals surface area contributed by atoms with Crippen molar-refractivity contribution in [3.05, 3.63) is 33.8 Å². The minimum atomic E-state index is -0.515. The number of carbonyl (C=O) groups excluding carboxylic acids is 1. The van der Waals surface area contributed by atoms with Crippen LogP contribution in [0, 0.1) is 5.92 Å². The maximum absolute atomic E-state index is 12.3. The van der Waals surface area contributed by atoms with Crippen molar-refractivity contribution < 1.29 is 9.90 Å². The number of rotatable bonds is 3. The Morgan fingerprint density at radius 2 is 1.85 bits per heavy atom. The van der Waals surface area contributed by atoms with Gasteiger partial charge in [-0.25, -0.2) is 0 Å². The number of carbonyl (C=O) groups is 1. The van der Waals surface area contributed by atoms with Gasteiger partial charge in [0.1, 0.15) is 0 Å². The van der Waals surface area contributed by atoms with E-state index < -0.39 is 5.54 Å². The summed E-state index contributed by atoms with van der Waals surface area (Å²) in [5.41, 5.74) is -0.0905. The largest absolute Gasteiger partial charge is 0.394 e. The fourth-order valence-electron chi connectivity index (χ4n) is 2.64. The highest BCUT2D eigenvalue weighted by Crippen LogP contribution is 2.32. The van der Waals surface area contributed by atoms with Crippen LogP contribution >= 0.6 is 23.2 Å². The zero-order valence-electron chi connectivity index (χ0n) is 11.5. The lowest BCUT2D eigenvalue weighted by molar-refractivity contribution is 0.0717. The second-order valence-electron chi connectivity index (χ2n) is 5.73. The Labute approximate surface area is 129 Å². The number of halogens is 2. The van der Waals surface area contributed by atoms with Crippen LogP contribution in [0.2, 0.25) is 10.0 Å². The van der Waals surface area contributed by atoms with Crippen LogP contribution in [-0.4, -0.2) is 23.2 Å². The zero-order valence-corrected chi connectivity index (χ0v) is 13.0. The monoisotopic (exact) mass is 315 g/mol. The first-order valence-corrected chi connectivity index (χ1v) is 7.59. The molecule has 0 atom stereocenters. The maximum Gasteiger partial charge on any atom is 0.251 e. The zero-order chi connectivity index (χ0) is 14.8. The minimum absolute atomic E-state index is 0.0419. The van der Waals surface area contributed by atoms with Gasteiger partial charge in [0.15, 0.2) is 0 Å². The fraction of sp³-hybridized carbons (Fsp3) is 0.533. The Balaban J connectivity index is 2.13. The number of hydrogen-bond donors (Lipinski definition) is 2. The van der Waals surface area contributed by atoms with Gasteiger partial charge in [0.25, 0.3) is 5.91 Å². The van der Waals surface area contributed by atoms with Crippen LogP contribution in [0.25, 0.3) is 0 Å². The molecule has 1 fully saturated rings. The molecule has 2 rings (SSSR count). The lowest BCUT2D eigenvalue weighted by Gasteiger charge is -2.38. The van der Waals surface area contributed by atoms with Gasteiger partial charge in [-0.1, -0.05) is 30.1 Å². The molecule has 0 heterocycles. The quantitative estimate of drug-likeness (QED) is 0.894. The molecule has 0 saturated heterocycles. The highest BCUT2D eigenvalue weighted by atomic mass is 35.5. The molecule has 0 aromatic heterocycles. The van der Waals surface area contributed by atoms with Gasteiger partial charge in [0.05, 0.1) is 12.1 Å². The second-order valence-corrected chi connectivity index (χ2v) is 6.61. The van der Waals surface area contributed by atoms with E-state index >= 15 is 0 Å². The molecule has 3 nitrogen and oxygen atoms in total. The molecular weight excluding hydrogens is 297 g/mol. The molecule has 1 aliphatic carbocycles. The summed E-state index contributed by atoms with van der Waals surface area (Å²) in [5.74, 6) is 0.408. The van der Waals surface area contributed by atoms with E-state index in [-0.39, 0.29) is 12.5 Å². The molecule has 0 unspecified atom stereocenters. The molecule has 1 aromatic rings. The molecule has 0 radical (unpaired) electrons. The van der Waals surface area contributed by atoms with E-state index in [4.69, 9.17) is 23.2 Å². The van der Waals surface area contributed by atoms with Crippen LogP contribution in [0.4, 0.5) is 0 Å². The molecule has 0 bridgehead atoms. The summed E-state index contributed by atoms with van der Waals surface area (Å²) in [6.45, 7) is 2.15. The first kappa shape index (κ1) is 15.6. The van der Waals surface area contributed by atoms with Crippen molar-refractivity contribution in [3.8, 4) is 0 Å². The summed E-state index contributed by atoms with van der Waals surface area (Å²) >= 11 is 11.8. The van der Waals surface area contributed by atoms with E-state index in [1.807, 2.05) is 0 Å². The van der Waals surface area contributed by atoms with Gasteiger partial charge < -0.3 is 10.4 Å². The maximum atomic E-state index is 12.3. The first-order valence-electron chi connectivity index (χ1n) is 6.83. The van der Waals surface area contributed by atoms with Crippen molar-refractivity contribution in [2.45, 2.75) is 38.1 Å². The number of amides is 1. The van der Waals surface area contributed by atoms with Gasteiger partial charge in [-0.05, 0) is 49.8 Å². The van der Waals surface area contributed by atoms with E-state index in [1.165, 1.54) is 0 Å². The Morgan fingerprint density at radius 1 is 1.30 bits per heavy atom. The summed E-state index contributed by atoms with van der Waals surface area (Å²) in [4.78, 5) is 12.3. The smallest absolute Gasteiger partial charge is 0.251 e. The average Bonchev–Trinajstić information content (AvgIpc) is 2.40. The molecule has 2 N–H and O–H groups in total. The Hall–Kier alpha value is -0.770. The molecule has 0 aliphatic heterocycles. The molecule has 5 heteroatoms. The van der Waals surface area contributed by atoms with Gasteiger partial charge >= 0.3 is 0 Å². The van der Waals surface area contributed by atoms with Crippen molar-refractivity contribution in [3.63, 3.8) is 0 Å². The molecule has 110 valence electrons. The molecule has 0 spiro atoms. The highest BCUT2D eigenvalue weighted by molar-refractivity contribution is 6.35. The van der Waals surface area contributed by atoms with E-state index in [9.17, 15) is 9.90 Å². The third kappa shape index (κ3) is 3.66. The summed E-state index contributed by atoms with van der Waals surface area (Å²) in [7, 11) is 0. The first-order chi connectivity index (χ1) is 9.44. The van der Waals surface area contributed by atoms with Crippen molar-refractivity contribution in [1.29, 1.82) is 0 Å². The van der Waals surface area contributed by atoms with Crippen LogP contribution in [0.1, 0.15) is 43.0 Å². The van der Waals surface area contributed by atoms with Gasteiger partial charge in [-0.3, -0.25) is 4.79 Å². The number of aliphatic hydroxyl groups excluding tert-OH is 1. The average molecular weight is 316 g/mol. The lowest BCUT2D eigenvalue weighted by atomic mass is 9.77. The SMILES string of the molecule is CC1CCC(CO)(NC(=O)c2cc(Cl)cc(Cl)c2)CC1. The Morgan fingerprint density at radius 3 is 2.35 bits per heavy atom. The molecular formula is C15H19Cl2NO2. The second kappa shape index (κ2) is 6.33. The number of aliphatic hydroxyl groups is 1.